The first-order chi connectivity index (χ1) is 9.89. The molecule has 0 unspecified atom stereocenters. The number of hydrogen-bond acceptors (Lipinski definition) is 6. The van der Waals surface area contributed by atoms with Gasteiger partial charge in [0.25, 0.3) is 0 Å². The molecule has 2 rings (SSSR count). The molecule has 0 aromatic heterocycles. The fraction of sp³-hybridized carbons (Fsp3) is 0.571. The van der Waals surface area contributed by atoms with E-state index in [9.17, 15) is 8.42 Å². The number of nitrogens with two attached hydrogens (primary N) is 1. The SMILES string of the molecule is COc1ccc(N)cc1N1CCN(CCS(C)(=O)=O)CC1. The minimum atomic E-state index is -2.90. The van der Waals surface area contributed by atoms with E-state index in [4.69, 9.17) is 10.5 Å². The van der Waals surface area contributed by atoms with Crippen molar-refractivity contribution in [1.82, 2.24) is 4.90 Å². The van der Waals surface area contributed by atoms with Crippen molar-refractivity contribution in [3.8, 4) is 5.75 Å². The second-order valence-corrected chi connectivity index (χ2v) is 7.65. The van der Waals surface area contributed by atoms with E-state index in [2.05, 4.69) is 9.80 Å². The average molecular weight is 313 g/mol. The standard InChI is InChI=1S/C14H23N3O3S/c1-20-14-4-3-12(15)11-13(14)17-7-5-16(6-8-17)9-10-21(2,18)19/h3-4,11H,5-10,15H2,1-2H3. The highest BCUT2D eigenvalue weighted by Gasteiger charge is 2.20. The first-order valence-electron chi connectivity index (χ1n) is 6.97. The first-order valence-corrected chi connectivity index (χ1v) is 9.03. The number of hydrogen-bond donors (Lipinski definition) is 1. The van der Waals surface area contributed by atoms with Gasteiger partial charge in [0.1, 0.15) is 15.6 Å². The largest absolute Gasteiger partial charge is 0.495 e. The summed E-state index contributed by atoms with van der Waals surface area (Å²) in [6.07, 6.45) is 1.28. The lowest BCUT2D eigenvalue weighted by Crippen LogP contribution is -2.47. The summed E-state index contributed by atoms with van der Waals surface area (Å²) in [5.74, 6) is 1.03. The minimum absolute atomic E-state index is 0.217. The molecule has 0 aliphatic carbocycles. The third-order valence-electron chi connectivity index (χ3n) is 3.69. The van der Waals surface area contributed by atoms with Crippen molar-refractivity contribution >= 4 is 21.2 Å². The van der Waals surface area contributed by atoms with Crippen LogP contribution in [0.1, 0.15) is 0 Å². The number of benzene rings is 1. The molecule has 21 heavy (non-hydrogen) atoms. The van der Waals surface area contributed by atoms with E-state index in [-0.39, 0.29) is 5.75 Å². The number of anilines is 2. The maximum Gasteiger partial charge on any atom is 0.148 e. The van der Waals surface area contributed by atoms with Crippen molar-refractivity contribution in [1.29, 1.82) is 0 Å². The predicted molar refractivity (Wildman–Crippen MR) is 85.8 cm³/mol. The molecule has 1 aromatic carbocycles. The summed E-state index contributed by atoms with van der Waals surface area (Å²) in [6, 6.07) is 5.62. The fourth-order valence-electron chi connectivity index (χ4n) is 2.46. The van der Waals surface area contributed by atoms with Gasteiger partial charge in [0.15, 0.2) is 0 Å². The molecule has 1 fully saturated rings. The van der Waals surface area contributed by atoms with Crippen LogP contribution in [-0.2, 0) is 9.84 Å². The highest BCUT2D eigenvalue weighted by atomic mass is 32.2. The molecule has 0 amide bonds. The fourth-order valence-corrected chi connectivity index (χ4v) is 3.05. The van der Waals surface area contributed by atoms with Gasteiger partial charge >= 0.3 is 0 Å². The van der Waals surface area contributed by atoms with Gasteiger partial charge in [-0.2, -0.15) is 0 Å². The average Bonchev–Trinajstić information content (AvgIpc) is 2.45. The number of piperazine rings is 1. The normalized spacial score (nSPS) is 17.0. The number of rotatable bonds is 5. The van der Waals surface area contributed by atoms with Gasteiger partial charge in [-0.25, -0.2) is 8.42 Å². The van der Waals surface area contributed by atoms with E-state index >= 15 is 0 Å². The van der Waals surface area contributed by atoms with Crippen molar-refractivity contribution in [3.05, 3.63) is 18.2 Å². The lowest BCUT2D eigenvalue weighted by Gasteiger charge is -2.36. The smallest absolute Gasteiger partial charge is 0.148 e. The Bertz CT molecular complexity index is 581. The van der Waals surface area contributed by atoms with Crippen molar-refractivity contribution in [3.63, 3.8) is 0 Å². The third kappa shape index (κ3) is 4.50. The van der Waals surface area contributed by atoms with Gasteiger partial charge < -0.3 is 15.4 Å². The Labute approximate surface area is 126 Å². The maximum absolute atomic E-state index is 11.2. The van der Waals surface area contributed by atoms with Crippen LogP contribution in [0, 0.1) is 0 Å². The van der Waals surface area contributed by atoms with Crippen LogP contribution >= 0.6 is 0 Å². The summed E-state index contributed by atoms with van der Waals surface area (Å²) in [6.45, 7) is 3.95. The van der Waals surface area contributed by atoms with Crippen LogP contribution in [0.5, 0.6) is 5.75 Å². The van der Waals surface area contributed by atoms with Crippen molar-refractivity contribution in [2.24, 2.45) is 0 Å². The first kappa shape index (κ1) is 15.9. The Morgan fingerprint density at radius 2 is 1.90 bits per heavy atom. The minimum Gasteiger partial charge on any atom is -0.495 e. The Balaban J connectivity index is 1.96. The zero-order chi connectivity index (χ0) is 15.5. The molecule has 0 spiro atoms. The molecule has 1 heterocycles. The zero-order valence-electron chi connectivity index (χ0n) is 12.6. The summed E-state index contributed by atoms with van der Waals surface area (Å²) >= 11 is 0. The van der Waals surface area contributed by atoms with Crippen molar-refractivity contribution in [2.75, 3.05) is 62.5 Å². The van der Waals surface area contributed by atoms with Crippen molar-refractivity contribution in [2.45, 2.75) is 0 Å². The summed E-state index contributed by atoms with van der Waals surface area (Å²) in [5.41, 5.74) is 7.57. The number of nitrogen functional groups attached to an aromatic ring is 1. The number of methoxy groups -OCH3 is 1. The second-order valence-electron chi connectivity index (χ2n) is 5.39. The van der Waals surface area contributed by atoms with Crippen LogP contribution in [0.4, 0.5) is 11.4 Å². The predicted octanol–water partition coefficient (Wildman–Crippen LogP) is 0.444. The Kier molecular flexibility index (Phi) is 4.95. The summed E-state index contributed by atoms with van der Waals surface area (Å²) in [5, 5.41) is 0. The van der Waals surface area contributed by atoms with E-state index in [1.807, 2.05) is 18.2 Å². The molecule has 0 radical (unpaired) electrons. The van der Waals surface area contributed by atoms with Crippen LogP contribution in [0.2, 0.25) is 0 Å². The molecule has 1 aliphatic heterocycles. The molecular formula is C14H23N3O3S. The molecule has 0 bridgehead atoms. The van der Waals surface area contributed by atoms with Gasteiger partial charge in [-0.1, -0.05) is 0 Å². The van der Waals surface area contributed by atoms with E-state index in [0.29, 0.717) is 12.2 Å². The molecule has 0 atom stereocenters. The van der Waals surface area contributed by atoms with Gasteiger partial charge in [-0.15, -0.1) is 0 Å². The molecule has 1 aliphatic rings. The van der Waals surface area contributed by atoms with Gasteiger partial charge in [0.05, 0.1) is 18.6 Å². The molecular weight excluding hydrogens is 290 g/mol. The second kappa shape index (κ2) is 6.53. The number of nitrogens with zero attached hydrogens (tertiary/aromatic N) is 2. The molecule has 6 nitrogen and oxygen atoms in total. The molecule has 7 heteroatoms. The lowest BCUT2D eigenvalue weighted by atomic mass is 10.2. The molecule has 118 valence electrons. The lowest BCUT2D eigenvalue weighted by molar-refractivity contribution is 0.271. The van der Waals surface area contributed by atoms with E-state index in [1.165, 1.54) is 6.26 Å². The monoisotopic (exact) mass is 313 g/mol. The van der Waals surface area contributed by atoms with Gasteiger partial charge in [-0.3, -0.25) is 4.90 Å². The zero-order valence-corrected chi connectivity index (χ0v) is 13.4. The van der Waals surface area contributed by atoms with E-state index in [0.717, 1.165) is 37.6 Å². The quantitative estimate of drug-likeness (QED) is 0.795. The number of sulfone groups is 1. The Morgan fingerprint density at radius 1 is 1.24 bits per heavy atom. The van der Waals surface area contributed by atoms with E-state index < -0.39 is 9.84 Å². The van der Waals surface area contributed by atoms with Gasteiger partial charge in [-0.05, 0) is 18.2 Å². The Morgan fingerprint density at radius 3 is 2.48 bits per heavy atom. The Hall–Kier alpha value is -1.47. The van der Waals surface area contributed by atoms with Crippen LogP contribution in [0.3, 0.4) is 0 Å². The molecule has 1 saturated heterocycles. The molecule has 0 saturated carbocycles. The summed E-state index contributed by atoms with van der Waals surface area (Å²) < 4.78 is 27.8. The van der Waals surface area contributed by atoms with Crippen LogP contribution in [0.15, 0.2) is 18.2 Å². The molecule has 1 aromatic rings. The van der Waals surface area contributed by atoms with Crippen molar-refractivity contribution < 1.29 is 13.2 Å². The van der Waals surface area contributed by atoms with Gasteiger partial charge in [0, 0.05) is 44.7 Å². The van der Waals surface area contributed by atoms with E-state index in [1.54, 1.807) is 7.11 Å². The summed E-state index contributed by atoms with van der Waals surface area (Å²) in [4.78, 5) is 4.41. The molecule has 2 N–H and O–H groups in total. The van der Waals surface area contributed by atoms with Crippen LogP contribution < -0.4 is 15.4 Å². The maximum atomic E-state index is 11.2. The number of ether oxygens (including phenoxy) is 1. The van der Waals surface area contributed by atoms with Crippen LogP contribution in [0.25, 0.3) is 0 Å². The third-order valence-corrected chi connectivity index (χ3v) is 4.62. The summed E-state index contributed by atoms with van der Waals surface area (Å²) in [7, 11) is -1.25. The highest BCUT2D eigenvalue weighted by Crippen LogP contribution is 2.30. The van der Waals surface area contributed by atoms with Gasteiger partial charge in [0.2, 0.25) is 0 Å². The van der Waals surface area contributed by atoms with Crippen LogP contribution in [-0.4, -0.2) is 65.2 Å². The highest BCUT2D eigenvalue weighted by molar-refractivity contribution is 7.90. The topological polar surface area (TPSA) is 75.9 Å².